The lowest BCUT2D eigenvalue weighted by Crippen LogP contribution is -2.38. The lowest BCUT2D eigenvalue weighted by molar-refractivity contribution is -0.146. The van der Waals surface area contributed by atoms with Crippen molar-refractivity contribution >= 4 is 0 Å². The van der Waals surface area contributed by atoms with Gasteiger partial charge in [0.25, 0.3) is 0 Å². The van der Waals surface area contributed by atoms with Gasteiger partial charge in [0.05, 0.1) is 19.8 Å². The van der Waals surface area contributed by atoms with Crippen LogP contribution < -0.4 is 4.74 Å². The van der Waals surface area contributed by atoms with Gasteiger partial charge < -0.3 is 19.3 Å². The van der Waals surface area contributed by atoms with Crippen molar-refractivity contribution in [2.24, 2.45) is 0 Å². The lowest BCUT2D eigenvalue weighted by Gasteiger charge is -2.24. The van der Waals surface area contributed by atoms with E-state index in [4.69, 9.17) is 14.2 Å². The van der Waals surface area contributed by atoms with Crippen LogP contribution in [0.1, 0.15) is 23.1 Å². The van der Waals surface area contributed by atoms with Crippen LogP contribution in [0.2, 0.25) is 0 Å². The minimum absolute atomic E-state index is 0.302. The Kier molecular flexibility index (Phi) is 4.92. The van der Waals surface area contributed by atoms with Gasteiger partial charge in [-0.2, -0.15) is 0 Å². The molecule has 5 nitrogen and oxygen atoms in total. The molecule has 2 aliphatic heterocycles. The van der Waals surface area contributed by atoms with Crippen molar-refractivity contribution in [3.05, 3.63) is 28.8 Å². The molecule has 1 spiro atoms. The van der Waals surface area contributed by atoms with E-state index < -0.39 is 11.9 Å². The molecule has 0 radical (unpaired) electrons. The molecule has 23 heavy (non-hydrogen) atoms. The highest BCUT2D eigenvalue weighted by Gasteiger charge is 2.43. The number of aliphatic hydroxyl groups is 1. The van der Waals surface area contributed by atoms with Crippen molar-refractivity contribution in [3.8, 4) is 5.75 Å². The van der Waals surface area contributed by atoms with E-state index >= 15 is 0 Å². The maximum atomic E-state index is 10.3. The number of benzene rings is 1. The van der Waals surface area contributed by atoms with Gasteiger partial charge in [0.15, 0.2) is 5.79 Å². The first kappa shape index (κ1) is 16.7. The summed E-state index contributed by atoms with van der Waals surface area (Å²) < 4.78 is 17.3. The zero-order chi connectivity index (χ0) is 16.4. The van der Waals surface area contributed by atoms with Crippen LogP contribution in [0.5, 0.6) is 5.75 Å². The van der Waals surface area contributed by atoms with Gasteiger partial charge in [-0.25, -0.2) is 0 Å². The molecule has 0 bridgehead atoms. The largest absolute Gasteiger partial charge is 0.490 e. The van der Waals surface area contributed by atoms with Gasteiger partial charge in [-0.05, 0) is 37.5 Å². The monoisotopic (exact) mass is 321 g/mol. The van der Waals surface area contributed by atoms with Crippen LogP contribution in [0, 0.1) is 20.8 Å². The van der Waals surface area contributed by atoms with E-state index in [0.29, 0.717) is 26.4 Å². The number of aliphatic hydroxyl groups excluding tert-OH is 1. The van der Waals surface area contributed by atoms with Crippen molar-refractivity contribution in [1.82, 2.24) is 4.90 Å². The summed E-state index contributed by atoms with van der Waals surface area (Å²) in [6, 6.07) is 4.16. The van der Waals surface area contributed by atoms with Crippen molar-refractivity contribution in [2.45, 2.75) is 39.1 Å². The summed E-state index contributed by atoms with van der Waals surface area (Å²) in [6.45, 7) is 10.0. The highest BCUT2D eigenvalue weighted by Crippen LogP contribution is 2.30. The third-order valence-corrected chi connectivity index (χ3v) is 4.85. The molecule has 1 aromatic carbocycles. The van der Waals surface area contributed by atoms with Gasteiger partial charge in [-0.1, -0.05) is 12.1 Å². The number of β-amino-alcohol motifs (C(OH)–C–C–N with tert-alkyl or cyclic N) is 1. The van der Waals surface area contributed by atoms with E-state index in [-0.39, 0.29) is 0 Å². The summed E-state index contributed by atoms with van der Waals surface area (Å²) in [4.78, 5) is 2.19. The van der Waals surface area contributed by atoms with Crippen LogP contribution in [0.4, 0.5) is 0 Å². The van der Waals surface area contributed by atoms with Crippen molar-refractivity contribution < 1.29 is 19.3 Å². The third kappa shape index (κ3) is 3.69. The lowest BCUT2D eigenvalue weighted by atomic mass is 10.1. The fourth-order valence-electron chi connectivity index (χ4n) is 3.39. The van der Waals surface area contributed by atoms with Crippen LogP contribution in [0.25, 0.3) is 0 Å². The molecule has 2 aliphatic rings. The second-order valence-electron chi connectivity index (χ2n) is 6.71. The topological polar surface area (TPSA) is 51.2 Å². The molecule has 128 valence electrons. The Labute approximate surface area is 138 Å². The summed E-state index contributed by atoms with van der Waals surface area (Å²) in [6.07, 6.45) is 0.349. The maximum Gasteiger partial charge on any atom is 0.182 e. The number of ether oxygens (including phenoxy) is 3. The molecule has 0 amide bonds. The van der Waals surface area contributed by atoms with Crippen LogP contribution in [-0.2, 0) is 9.47 Å². The molecule has 2 heterocycles. The predicted molar refractivity (Wildman–Crippen MR) is 87.8 cm³/mol. The molecule has 2 saturated heterocycles. The fourth-order valence-corrected chi connectivity index (χ4v) is 3.39. The molecule has 0 saturated carbocycles. The molecular weight excluding hydrogens is 294 g/mol. The first-order valence-corrected chi connectivity index (χ1v) is 8.37. The number of nitrogens with zero attached hydrogens (tertiary/aromatic N) is 1. The standard InChI is InChI=1S/C18H27NO4/c1-13-4-5-14(2)17(15(13)3)21-11-16(20)10-19-7-6-18(12-19)22-8-9-23-18/h4-5,16,20H,6-12H2,1-3H3/t16-/m1/s1. The molecule has 3 rings (SSSR count). The zero-order valence-corrected chi connectivity index (χ0v) is 14.3. The molecule has 1 N–H and O–H groups in total. The van der Waals surface area contributed by atoms with Gasteiger partial charge in [0.2, 0.25) is 0 Å². The van der Waals surface area contributed by atoms with E-state index in [2.05, 4.69) is 30.9 Å². The smallest absolute Gasteiger partial charge is 0.182 e. The zero-order valence-electron chi connectivity index (χ0n) is 14.3. The molecule has 2 fully saturated rings. The van der Waals surface area contributed by atoms with Crippen molar-refractivity contribution in [2.75, 3.05) is 39.5 Å². The van der Waals surface area contributed by atoms with Crippen LogP contribution in [-0.4, -0.2) is 61.4 Å². The van der Waals surface area contributed by atoms with Crippen LogP contribution >= 0.6 is 0 Å². The van der Waals surface area contributed by atoms with Crippen molar-refractivity contribution in [1.29, 1.82) is 0 Å². The second kappa shape index (κ2) is 6.77. The van der Waals surface area contributed by atoms with Gasteiger partial charge >= 0.3 is 0 Å². The molecule has 0 aromatic heterocycles. The third-order valence-electron chi connectivity index (χ3n) is 4.85. The SMILES string of the molecule is Cc1ccc(C)c(OC[C@H](O)CN2CCC3(C2)OCCO3)c1C. The van der Waals surface area contributed by atoms with E-state index in [9.17, 15) is 5.11 Å². The minimum Gasteiger partial charge on any atom is -0.490 e. The Hall–Kier alpha value is -1.14. The molecule has 1 aromatic rings. The summed E-state index contributed by atoms with van der Waals surface area (Å²) in [7, 11) is 0. The summed E-state index contributed by atoms with van der Waals surface area (Å²) in [5.41, 5.74) is 3.45. The molecular formula is C18H27NO4. The maximum absolute atomic E-state index is 10.3. The summed E-state index contributed by atoms with van der Waals surface area (Å²) >= 11 is 0. The van der Waals surface area contributed by atoms with Crippen LogP contribution in [0.15, 0.2) is 12.1 Å². The van der Waals surface area contributed by atoms with E-state index in [1.165, 1.54) is 5.56 Å². The summed E-state index contributed by atoms with van der Waals surface area (Å²) in [5, 5.41) is 10.3. The number of hydrogen-bond acceptors (Lipinski definition) is 5. The van der Waals surface area contributed by atoms with E-state index in [1.807, 2.05) is 6.92 Å². The predicted octanol–water partition coefficient (Wildman–Crippen LogP) is 1.80. The van der Waals surface area contributed by atoms with E-state index in [0.717, 1.165) is 36.4 Å². The van der Waals surface area contributed by atoms with Gasteiger partial charge in [-0.15, -0.1) is 0 Å². The molecule has 5 heteroatoms. The van der Waals surface area contributed by atoms with Gasteiger partial charge in [0, 0.05) is 19.5 Å². The molecule has 0 aliphatic carbocycles. The fraction of sp³-hybridized carbons (Fsp3) is 0.667. The normalized spacial score (nSPS) is 21.9. The second-order valence-corrected chi connectivity index (χ2v) is 6.71. The number of rotatable bonds is 5. The average molecular weight is 321 g/mol. The Morgan fingerprint density at radius 2 is 1.91 bits per heavy atom. The number of likely N-dealkylation sites (tertiary alicyclic amines) is 1. The van der Waals surface area contributed by atoms with Gasteiger partial charge in [0.1, 0.15) is 18.5 Å². The first-order valence-electron chi connectivity index (χ1n) is 8.37. The Balaban J connectivity index is 1.51. The Morgan fingerprint density at radius 3 is 2.65 bits per heavy atom. The minimum atomic E-state index is -0.522. The number of hydrogen-bond donors (Lipinski definition) is 1. The quantitative estimate of drug-likeness (QED) is 0.896. The van der Waals surface area contributed by atoms with Gasteiger partial charge in [-0.3, -0.25) is 4.90 Å². The molecule has 0 unspecified atom stereocenters. The highest BCUT2D eigenvalue weighted by molar-refractivity contribution is 5.44. The Bertz CT molecular complexity index is 554. The Morgan fingerprint density at radius 1 is 1.22 bits per heavy atom. The first-order chi connectivity index (χ1) is 11.0. The number of aryl methyl sites for hydroxylation is 2. The summed E-state index contributed by atoms with van der Waals surface area (Å²) in [5.74, 6) is 0.467. The molecule has 1 atom stereocenters. The van der Waals surface area contributed by atoms with Crippen molar-refractivity contribution in [3.63, 3.8) is 0 Å². The average Bonchev–Trinajstić information content (AvgIpc) is 3.13. The highest BCUT2D eigenvalue weighted by atomic mass is 16.7. The van der Waals surface area contributed by atoms with E-state index in [1.54, 1.807) is 0 Å². The van der Waals surface area contributed by atoms with Crippen LogP contribution in [0.3, 0.4) is 0 Å².